The third-order valence-electron chi connectivity index (χ3n) is 2.84. The standard InChI is InChI=1S/C12H16N4O3/c1-4-10-11(16(17)18)12(15(3)14-10)13-7-9-6-5-8(2)19-9/h5-6,13H,4,7H2,1-3H3. The smallest absolute Gasteiger partial charge is 0.333 e. The summed E-state index contributed by atoms with van der Waals surface area (Å²) in [6.07, 6.45) is 0.520. The highest BCUT2D eigenvalue weighted by Gasteiger charge is 2.25. The molecule has 7 heteroatoms. The number of aryl methyl sites for hydroxylation is 3. The average Bonchev–Trinajstić information content (AvgIpc) is 2.90. The molecule has 0 spiro atoms. The molecule has 0 fully saturated rings. The van der Waals surface area contributed by atoms with Crippen LogP contribution in [0.25, 0.3) is 0 Å². The minimum absolute atomic E-state index is 0.0354. The molecule has 7 nitrogen and oxygen atoms in total. The Hall–Kier alpha value is -2.31. The fourth-order valence-electron chi connectivity index (χ4n) is 1.95. The van der Waals surface area contributed by atoms with E-state index in [0.29, 0.717) is 24.5 Å². The van der Waals surface area contributed by atoms with Gasteiger partial charge in [-0.25, -0.2) is 4.68 Å². The van der Waals surface area contributed by atoms with Gasteiger partial charge in [0.2, 0.25) is 5.82 Å². The second-order valence-corrected chi connectivity index (χ2v) is 4.24. The van der Waals surface area contributed by atoms with Gasteiger partial charge in [-0.15, -0.1) is 0 Å². The molecule has 0 bridgehead atoms. The van der Waals surface area contributed by atoms with E-state index in [-0.39, 0.29) is 5.69 Å². The van der Waals surface area contributed by atoms with Crippen LogP contribution in [0.3, 0.4) is 0 Å². The Balaban J connectivity index is 2.24. The second kappa shape index (κ2) is 5.13. The van der Waals surface area contributed by atoms with E-state index in [9.17, 15) is 10.1 Å². The molecule has 0 atom stereocenters. The van der Waals surface area contributed by atoms with Crippen LogP contribution in [0.5, 0.6) is 0 Å². The molecule has 2 aromatic rings. The third kappa shape index (κ3) is 2.59. The maximum Gasteiger partial charge on any atom is 0.333 e. The zero-order valence-corrected chi connectivity index (χ0v) is 11.1. The summed E-state index contributed by atoms with van der Waals surface area (Å²) in [4.78, 5) is 10.7. The molecule has 1 N–H and O–H groups in total. The summed E-state index contributed by atoms with van der Waals surface area (Å²) in [5.41, 5.74) is 0.513. The summed E-state index contributed by atoms with van der Waals surface area (Å²) in [6.45, 7) is 4.08. The van der Waals surface area contributed by atoms with Gasteiger partial charge in [-0.1, -0.05) is 6.92 Å². The molecule has 0 aliphatic carbocycles. The average molecular weight is 264 g/mol. The number of nitrogens with one attached hydrogen (secondary N) is 1. The quantitative estimate of drug-likeness (QED) is 0.662. The fraction of sp³-hybridized carbons (Fsp3) is 0.417. The molecule has 0 aliphatic heterocycles. The van der Waals surface area contributed by atoms with Crippen LogP contribution in [-0.4, -0.2) is 14.7 Å². The summed E-state index contributed by atoms with van der Waals surface area (Å²) < 4.78 is 6.91. The van der Waals surface area contributed by atoms with E-state index >= 15 is 0 Å². The van der Waals surface area contributed by atoms with E-state index in [4.69, 9.17) is 4.42 Å². The molecular formula is C12H16N4O3. The number of hydrogen-bond acceptors (Lipinski definition) is 5. The van der Waals surface area contributed by atoms with Crippen molar-refractivity contribution in [3.8, 4) is 0 Å². The van der Waals surface area contributed by atoms with Crippen LogP contribution < -0.4 is 5.32 Å². The molecule has 0 amide bonds. The van der Waals surface area contributed by atoms with Crippen molar-refractivity contribution in [3.05, 3.63) is 39.5 Å². The Labute approximate surface area is 110 Å². The number of nitro groups is 1. The summed E-state index contributed by atoms with van der Waals surface area (Å²) in [5, 5.41) is 18.3. The van der Waals surface area contributed by atoms with Gasteiger partial charge < -0.3 is 9.73 Å². The van der Waals surface area contributed by atoms with Crippen molar-refractivity contribution in [3.63, 3.8) is 0 Å². The van der Waals surface area contributed by atoms with Crippen LogP contribution in [0.4, 0.5) is 11.5 Å². The SMILES string of the molecule is CCc1nn(C)c(NCc2ccc(C)o2)c1[N+](=O)[O-]. The first-order chi connectivity index (χ1) is 9.02. The first kappa shape index (κ1) is 13.1. The van der Waals surface area contributed by atoms with Crippen molar-refractivity contribution in [2.24, 2.45) is 7.05 Å². The van der Waals surface area contributed by atoms with Crippen molar-refractivity contribution >= 4 is 11.5 Å². The summed E-state index contributed by atoms with van der Waals surface area (Å²) in [6, 6.07) is 3.69. The Morgan fingerprint density at radius 2 is 2.26 bits per heavy atom. The van der Waals surface area contributed by atoms with Gasteiger partial charge in [0.15, 0.2) is 0 Å². The highest BCUT2D eigenvalue weighted by atomic mass is 16.6. The zero-order chi connectivity index (χ0) is 14.0. The highest BCUT2D eigenvalue weighted by molar-refractivity contribution is 5.59. The van der Waals surface area contributed by atoms with Gasteiger partial charge in [0.05, 0.1) is 11.5 Å². The molecule has 0 aliphatic rings. The maximum absolute atomic E-state index is 11.1. The lowest BCUT2D eigenvalue weighted by atomic mass is 10.3. The number of anilines is 1. The van der Waals surface area contributed by atoms with Crippen molar-refractivity contribution in [1.82, 2.24) is 9.78 Å². The fourth-order valence-corrected chi connectivity index (χ4v) is 1.95. The Kier molecular flexibility index (Phi) is 3.55. The number of furan rings is 1. The van der Waals surface area contributed by atoms with Gasteiger partial charge >= 0.3 is 5.69 Å². The van der Waals surface area contributed by atoms with E-state index in [2.05, 4.69) is 10.4 Å². The molecule has 102 valence electrons. The molecule has 0 unspecified atom stereocenters. The van der Waals surface area contributed by atoms with E-state index in [0.717, 1.165) is 11.5 Å². The van der Waals surface area contributed by atoms with E-state index in [1.165, 1.54) is 4.68 Å². The van der Waals surface area contributed by atoms with Crippen LogP contribution in [0, 0.1) is 17.0 Å². The summed E-state index contributed by atoms with van der Waals surface area (Å²) >= 11 is 0. The van der Waals surface area contributed by atoms with Crippen LogP contribution in [0.2, 0.25) is 0 Å². The molecule has 0 radical (unpaired) electrons. The van der Waals surface area contributed by atoms with Crippen molar-refractivity contribution in [1.29, 1.82) is 0 Å². The number of nitrogens with zero attached hydrogens (tertiary/aromatic N) is 3. The Bertz CT molecular complexity index is 600. The van der Waals surface area contributed by atoms with Crippen LogP contribution >= 0.6 is 0 Å². The molecular weight excluding hydrogens is 248 g/mol. The predicted octanol–water partition coefficient (Wildman–Crippen LogP) is 2.40. The second-order valence-electron chi connectivity index (χ2n) is 4.24. The maximum atomic E-state index is 11.1. The van der Waals surface area contributed by atoms with E-state index in [1.807, 2.05) is 26.0 Å². The van der Waals surface area contributed by atoms with E-state index < -0.39 is 4.92 Å². The van der Waals surface area contributed by atoms with Gasteiger partial charge in [-0.2, -0.15) is 5.10 Å². The number of aromatic nitrogens is 2. The zero-order valence-electron chi connectivity index (χ0n) is 11.1. The minimum Gasteiger partial charge on any atom is -0.465 e. The molecule has 2 aromatic heterocycles. The molecule has 2 heterocycles. The summed E-state index contributed by atoms with van der Waals surface area (Å²) in [5.74, 6) is 1.94. The van der Waals surface area contributed by atoms with E-state index in [1.54, 1.807) is 7.05 Å². The molecule has 0 saturated heterocycles. The molecule has 2 rings (SSSR count). The first-order valence-electron chi connectivity index (χ1n) is 6.02. The molecule has 19 heavy (non-hydrogen) atoms. The van der Waals surface area contributed by atoms with Crippen molar-refractivity contribution < 1.29 is 9.34 Å². The van der Waals surface area contributed by atoms with Crippen LogP contribution in [-0.2, 0) is 20.0 Å². The highest BCUT2D eigenvalue weighted by Crippen LogP contribution is 2.28. The number of rotatable bonds is 5. The largest absolute Gasteiger partial charge is 0.465 e. The topological polar surface area (TPSA) is 86.1 Å². The number of hydrogen-bond donors (Lipinski definition) is 1. The monoisotopic (exact) mass is 264 g/mol. The molecule has 0 aromatic carbocycles. The van der Waals surface area contributed by atoms with Gasteiger partial charge in [0.25, 0.3) is 0 Å². The molecule has 0 saturated carbocycles. The Morgan fingerprint density at radius 3 is 2.79 bits per heavy atom. The predicted molar refractivity (Wildman–Crippen MR) is 70.0 cm³/mol. The van der Waals surface area contributed by atoms with Gasteiger partial charge in [-0.05, 0) is 25.5 Å². The minimum atomic E-state index is -0.401. The van der Waals surface area contributed by atoms with Crippen LogP contribution in [0.15, 0.2) is 16.5 Å². The van der Waals surface area contributed by atoms with Crippen LogP contribution in [0.1, 0.15) is 24.1 Å². The van der Waals surface area contributed by atoms with Crippen molar-refractivity contribution in [2.45, 2.75) is 26.8 Å². The Morgan fingerprint density at radius 1 is 1.53 bits per heavy atom. The van der Waals surface area contributed by atoms with Gasteiger partial charge in [0, 0.05) is 7.05 Å². The van der Waals surface area contributed by atoms with Gasteiger partial charge in [-0.3, -0.25) is 10.1 Å². The lowest BCUT2D eigenvalue weighted by Crippen LogP contribution is -2.05. The third-order valence-corrected chi connectivity index (χ3v) is 2.84. The van der Waals surface area contributed by atoms with Crippen molar-refractivity contribution in [2.75, 3.05) is 5.32 Å². The lowest BCUT2D eigenvalue weighted by Gasteiger charge is -2.03. The first-order valence-corrected chi connectivity index (χ1v) is 6.02. The lowest BCUT2D eigenvalue weighted by molar-refractivity contribution is -0.384. The summed E-state index contributed by atoms with van der Waals surface area (Å²) in [7, 11) is 1.68. The normalized spacial score (nSPS) is 10.7. The van der Waals surface area contributed by atoms with Gasteiger partial charge in [0.1, 0.15) is 17.2 Å².